The van der Waals surface area contributed by atoms with E-state index >= 15 is 0 Å². The normalized spacial score (nSPS) is 12.7. The average Bonchev–Trinajstić information content (AvgIpc) is 2.65. The van der Waals surface area contributed by atoms with E-state index in [1.807, 2.05) is 43.5 Å². The minimum atomic E-state index is -0.481. The summed E-state index contributed by atoms with van der Waals surface area (Å²) in [5, 5.41) is 14.0. The first-order valence-corrected chi connectivity index (χ1v) is 4.98. The molecule has 0 bridgehead atoms. The fourth-order valence-electron chi connectivity index (χ4n) is 1.60. The number of aliphatic hydroxyl groups is 1. The lowest BCUT2D eigenvalue weighted by Gasteiger charge is -2.11. The Morgan fingerprint density at radius 2 is 2.00 bits per heavy atom. The predicted octanol–water partition coefficient (Wildman–Crippen LogP) is 2.23. The van der Waals surface area contributed by atoms with Crippen molar-refractivity contribution in [2.24, 2.45) is 0 Å². The summed E-state index contributed by atoms with van der Waals surface area (Å²) in [6, 6.07) is 9.67. The molecule has 2 aromatic rings. The van der Waals surface area contributed by atoms with Crippen LogP contribution >= 0.6 is 0 Å². The molecule has 3 nitrogen and oxygen atoms in total. The minimum absolute atomic E-state index is 0.481. The van der Waals surface area contributed by atoms with E-state index in [2.05, 4.69) is 5.10 Å². The van der Waals surface area contributed by atoms with Gasteiger partial charge in [-0.15, -0.1) is 0 Å². The number of hydrogen-bond donors (Lipinski definition) is 1. The molecule has 1 atom stereocenters. The third kappa shape index (κ3) is 1.92. The largest absolute Gasteiger partial charge is 0.389 e. The summed E-state index contributed by atoms with van der Waals surface area (Å²) in [7, 11) is 0. The van der Waals surface area contributed by atoms with Crippen LogP contribution in [0.25, 0.3) is 5.69 Å². The highest BCUT2D eigenvalue weighted by atomic mass is 16.3. The molecule has 78 valence electrons. The van der Waals surface area contributed by atoms with Crippen molar-refractivity contribution < 1.29 is 5.11 Å². The van der Waals surface area contributed by atoms with Gasteiger partial charge in [0.2, 0.25) is 0 Å². The van der Waals surface area contributed by atoms with Crippen LogP contribution in [-0.2, 0) is 0 Å². The van der Waals surface area contributed by atoms with E-state index in [1.165, 1.54) is 0 Å². The molecule has 0 saturated heterocycles. The second-order valence-corrected chi connectivity index (χ2v) is 3.64. The lowest BCUT2D eigenvalue weighted by atomic mass is 10.1. The van der Waals surface area contributed by atoms with Crippen molar-refractivity contribution >= 4 is 0 Å². The minimum Gasteiger partial charge on any atom is -0.389 e. The molecule has 15 heavy (non-hydrogen) atoms. The molecule has 1 aromatic carbocycles. The molecular formula is C12H14N2O. The monoisotopic (exact) mass is 202 g/mol. The molecule has 0 aliphatic rings. The number of aliphatic hydroxyl groups excluding tert-OH is 1. The van der Waals surface area contributed by atoms with Crippen molar-refractivity contribution in [3.63, 3.8) is 0 Å². The molecule has 3 heteroatoms. The van der Waals surface area contributed by atoms with Gasteiger partial charge in [-0.2, -0.15) is 5.10 Å². The summed E-state index contributed by atoms with van der Waals surface area (Å²) >= 11 is 0. The molecule has 1 aromatic heterocycles. The summed E-state index contributed by atoms with van der Waals surface area (Å²) in [6.07, 6.45) is 1.42. The Bertz CT molecular complexity index is 460. The zero-order valence-electron chi connectivity index (χ0n) is 8.88. The highest BCUT2D eigenvalue weighted by molar-refractivity contribution is 5.41. The molecule has 0 fully saturated rings. The second-order valence-electron chi connectivity index (χ2n) is 3.64. The molecule has 1 heterocycles. The number of benzene rings is 1. The Balaban J connectivity index is 2.52. The van der Waals surface area contributed by atoms with Crippen molar-refractivity contribution in [1.82, 2.24) is 9.78 Å². The van der Waals surface area contributed by atoms with Gasteiger partial charge in [-0.1, -0.05) is 18.2 Å². The number of nitrogens with zero attached hydrogens (tertiary/aromatic N) is 2. The van der Waals surface area contributed by atoms with Crippen LogP contribution < -0.4 is 0 Å². The van der Waals surface area contributed by atoms with Gasteiger partial charge in [0, 0.05) is 11.8 Å². The van der Waals surface area contributed by atoms with Gasteiger partial charge in [0.1, 0.15) is 0 Å². The van der Waals surface area contributed by atoms with E-state index in [0.29, 0.717) is 0 Å². The molecule has 0 aliphatic carbocycles. The average molecular weight is 202 g/mol. The van der Waals surface area contributed by atoms with Crippen LogP contribution in [0.1, 0.15) is 24.3 Å². The Morgan fingerprint density at radius 3 is 2.60 bits per heavy atom. The van der Waals surface area contributed by atoms with E-state index in [0.717, 1.165) is 16.9 Å². The van der Waals surface area contributed by atoms with E-state index in [1.54, 1.807) is 11.6 Å². The maximum atomic E-state index is 9.63. The van der Waals surface area contributed by atoms with Crippen LogP contribution in [0.3, 0.4) is 0 Å². The fraction of sp³-hybridized carbons (Fsp3) is 0.250. The van der Waals surface area contributed by atoms with Gasteiger partial charge in [-0.05, 0) is 26.0 Å². The Kier molecular flexibility index (Phi) is 2.56. The first-order valence-electron chi connectivity index (χ1n) is 4.98. The molecule has 0 unspecified atom stereocenters. The number of hydrogen-bond acceptors (Lipinski definition) is 2. The standard InChI is InChI=1S/C12H14N2O/c1-9-7-8-14(13-9)12-6-4-3-5-11(12)10(2)15/h3-8,10,15H,1-2H3/t10-/m1/s1. The van der Waals surface area contributed by atoms with E-state index in [9.17, 15) is 5.11 Å². The van der Waals surface area contributed by atoms with E-state index in [-0.39, 0.29) is 0 Å². The van der Waals surface area contributed by atoms with Gasteiger partial charge in [0.05, 0.1) is 17.5 Å². The maximum Gasteiger partial charge on any atom is 0.0782 e. The molecule has 2 rings (SSSR count). The first-order chi connectivity index (χ1) is 7.18. The number of rotatable bonds is 2. The predicted molar refractivity (Wildman–Crippen MR) is 58.9 cm³/mol. The van der Waals surface area contributed by atoms with Crippen LogP contribution in [-0.4, -0.2) is 14.9 Å². The Morgan fingerprint density at radius 1 is 1.27 bits per heavy atom. The molecule has 0 spiro atoms. The third-order valence-electron chi connectivity index (χ3n) is 2.36. The van der Waals surface area contributed by atoms with Crippen LogP contribution in [0.4, 0.5) is 0 Å². The van der Waals surface area contributed by atoms with Crippen LogP contribution in [0, 0.1) is 6.92 Å². The van der Waals surface area contributed by atoms with Crippen molar-refractivity contribution in [2.45, 2.75) is 20.0 Å². The van der Waals surface area contributed by atoms with Crippen molar-refractivity contribution in [2.75, 3.05) is 0 Å². The lowest BCUT2D eigenvalue weighted by molar-refractivity contribution is 0.199. The SMILES string of the molecule is Cc1ccn(-c2ccccc2[C@@H](C)O)n1. The summed E-state index contributed by atoms with van der Waals surface area (Å²) < 4.78 is 1.79. The quantitative estimate of drug-likeness (QED) is 0.811. The van der Waals surface area contributed by atoms with Gasteiger partial charge in [0.25, 0.3) is 0 Å². The third-order valence-corrected chi connectivity index (χ3v) is 2.36. The highest BCUT2D eigenvalue weighted by Gasteiger charge is 2.08. The van der Waals surface area contributed by atoms with E-state index in [4.69, 9.17) is 0 Å². The van der Waals surface area contributed by atoms with Crippen LogP contribution in [0.2, 0.25) is 0 Å². The number of aryl methyl sites for hydroxylation is 1. The van der Waals surface area contributed by atoms with Gasteiger partial charge in [-0.3, -0.25) is 0 Å². The first kappa shape index (κ1) is 9.93. The van der Waals surface area contributed by atoms with Crippen molar-refractivity contribution in [3.05, 3.63) is 47.8 Å². The molecule has 0 saturated carbocycles. The van der Waals surface area contributed by atoms with Crippen molar-refractivity contribution in [3.8, 4) is 5.69 Å². The molecule has 0 radical (unpaired) electrons. The molecular weight excluding hydrogens is 188 g/mol. The van der Waals surface area contributed by atoms with Gasteiger partial charge >= 0.3 is 0 Å². The van der Waals surface area contributed by atoms with Gasteiger partial charge < -0.3 is 5.11 Å². The van der Waals surface area contributed by atoms with Gasteiger partial charge in [0.15, 0.2) is 0 Å². The lowest BCUT2D eigenvalue weighted by Crippen LogP contribution is -2.02. The zero-order chi connectivity index (χ0) is 10.8. The maximum absolute atomic E-state index is 9.63. The van der Waals surface area contributed by atoms with Crippen molar-refractivity contribution in [1.29, 1.82) is 0 Å². The summed E-state index contributed by atoms with van der Waals surface area (Å²) in [5.74, 6) is 0. The van der Waals surface area contributed by atoms with E-state index < -0.39 is 6.10 Å². The van der Waals surface area contributed by atoms with Crippen LogP contribution in [0.5, 0.6) is 0 Å². The van der Waals surface area contributed by atoms with Crippen LogP contribution in [0.15, 0.2) is 36.5 Å². The highest BCUT2D eigenvalue weighted by Crippen LogP contribution is 2.20. The summed E-state index contributed by atoms with van der Waals surface area (Å²) in [6.45, 7) is 3.71. The molecule has 0 amide bonds. The zero-order valence-corrected chi connectivity index (χ0v) is 8.88. The topological polar surface area (TPSA) is 38.0 Å². The Hall–Kier alpha value is -1.61. The molecule has 0 aliphatic heterocycles. The molecule has 1 N–H and O–H groups in total. The fourth-order valence-corrected chi connectivity index (χ4v) is 1.60. The number of aromatic nitrogens is 2. The summed E-state index contributed by atoms with van der Waals surface area (Å²) in [5.41, 5.74) is 2.79. The Labute approximate surface area is 89.0 Å². The smallest absolute Gasteiger partial charge is 0.0782 e. The number of para-hydroxylation sites is 1. The second kappa shape index (κ2) is 3.87. The summed E-state index contributed by atoms with van der Waals surface area (Å²) in [4.78, 5) is 0. The van der Waals surface area contributed by atoms with Gasteiger partial charge in [-0.25, -0.2) is 4.68 Å².